The Morgan fingerprint density at radius 1 is 1.39 bits per heavy atom. The first-order valence-electron chi connectivity index (χ1n) is 6.89. The fourth-order valence-electron chi connectivity index (χ4n) is 2.35. The Balaban J connectivity index is 1.96. The first kappa shape index (κ1) is 13.4. The number of ether oxygens (including phenoxy) is 1. The third-order valence-electron chi connectivity index (χ3n) is 3.69. The molecule has 0 saturated carbocycles. The summed E-state index contributed by atoms with van der Waals surface area (Å²) in [5.74, 6) is 0.964. The lowest BCUT2D eigenvalue weighted by atomic mass is 10.1. The van der Waals surface area contributed by atoms with Gasteiger partial charge in [-0.15, -0.1) is 0 Å². The summed E-state index contributed by atoms with van der Waals surface area (Å²) in [6, 6.07) is 8.35. The Morgan fingerprint density at radius 3 is 2.78 bits per heavy atom. The summed E-state index contributed by atoms with van der Waals surface area (Å²) in [4.78, 5) is 2.35. The van der Waals surface area contributed by atoms with Gasteiger partial charge >= 0.3 is 0 Å². The average Bonchev–Trinajstić information content (AvgIpc) is 2.41. The van der Waals surface area contributed by atoms with Gasteiger partial charge in [0.25, 0.3) is 0 Å². The molecule has 1 fully saturated rings. The summed E-state index contributed by atoms with van der Waals surface area (Å²) >= 11 is 0. The van der Waals surface area contributed by atoms with Gasteiger partial charge < -0.3 is 15.4 Å². The van der Waals surface area contributed by atoms with Crippen molar-refractivity contribution in [2.75, 3.05) is 20.1 Å². The predicted octanol–water partition coefficient (Wildman–Crippen LogP) is 2.57. The second kappa shape index (κ2) is 6.21. The van der Waals surface area contributed by atoms with E-state index < -0.39 is 0 Å². The summed E-state index contributed by atoms with van der Waals surface area (Å²) in [5, 5.41) is 0. The molecule has 3 nitrogen and oxygen atoms in total. The number of piperidine rings is 1. The zero-order chi connectivity index (χ0) is 13.0. The van der Waals surface area contributed by atoms with Crippen molar-refractivity contribution >= 4 is 0 Å². The molecule has 0 radical (unpaired) electrons. The molecule has 1 aromatic rings. The Kier molecular flexibility index (Phi) is 4.61. The van der Waals surface area contributed by atoms with Crippen LogP contribution in [0.4, 0.5) is 0 Å². The highest BCUT2D eigenvalue weighted by atomic mass is 16.5. The van der Waals surface area contributed by atoms with Crippen molar-refractivity contribution in [2.45, 2.75) is 38.3 Å². The molecule has 0 aliphatic carbocycles. The first-order valence-corrected chi connectivity index (χ1v) is 6.89. The van der Waals surface area contributed by atoms with Crippen LogP contribution < -0.4 is 10.5 Å². The molecule has 0 aromatic heterocycles. The van der Waals surface area contributed by atoms with Crippen molar-refractivity contribution < 1.29 is 4.74 Å². The van der Waals surface area contributed by atoms with Gasteiger partial charge in [0.1, 0.15) is 11.9 Å². The summed E-state index contributed by atoms with van der Waals surface area (Å²) < 4.78 is 6.06. The van der Waals surface area contributed by atoms with Gasteiger partial charge in [-0.1, -0.05) is 19.1 Å². The van der Waals surface area contributed by atoms with Gasteiger partial charge in [0.15, 0.2) is 0 Å². The standard InChI is InChI=1S/C15H24N2O/c1-3-15(16)12-5-4-6-14(11-12)18-13-7-9-17(2)10-8-13/h4-6,11,13,15H,3,7-10,16H2,1-2H3. The van der Waals surface area contributed by atoms with Crippen LogP contribution in [0.5, 0.6) is 5.75 Å². The summed E-state index contributed by atoms with van der Waals surface area (Å²) in [6.45, 7) is 4.35. The van der Waals surface area contributed by atoms with E-state index in [0.29, 0.717) is 6.10 Å². The maximum Gasteiger partial charge on any atom is 0.120 e. The first-order chi connectivity index (χ1) is 8.69. The van der Waals surface area contributed by atoms with Crippen molar-refractivity contribution in [3.05, 3.63) is 29.8 Å². The molecule has 0 spiro atoms. The highest BCUT2D eigenvalue weighted by Gasteiger charge is 2.18. The highest BCUT2D eigenvalue weighted by Crippen LogP contribution is 2.23. The molecule has 0 bridgehead atoms. The molecular formula is C15H24N2O. The van der Waals surface area contributed by atoms with E-state index >= 15 is 0 Å². The van der Waals surface area contributed by atoms with E-state index in [0.717, 1.165) is 38.1 Å². The molecule has 1 atom stereocenters. The van der Waals surface area contributed by atoms with E-state index in [-0.39, 0.29) is 6.04 Å². The molecule has 1 aliphatic rings. The fourth-order valence-corrected chi connectivity index (χ4v) is 2.35. The fraction of sp³-hybridized carbons (Fsp3) is 0.600. The molecule has 100 valence electrons. The smallest absolute Gasteiger partial charge is 0.120 e. The lowest BCUT2D eigenvalue weighted by Crippen LogP contribution is -2.35. The molecule has 3 heteroatoms. The van der Waals surface area contributed by atoms with Crippen LogP contribution in [-0.2, 0) is 0 Å². The molecule has 1 aromatic carbocycles. The highest BCUT2D eigenvalue weighted by molar-refractivity contribution is 5.30. The summed E-state index contributed by atoms with van der Waals surface area (Å²) in [5.41, 5.74) is 7.22. The average molecular weight is 248 g/mol. The molecular weight excluding hydrogens is 224 g/mol. The monoisotopic (exact) mass is 248 g/mol. The Morgan fingerprint density at radius 2 is 2.11 bits per heavy atom. The lowest BCUT2D eigenvalue weighted by Gasteiger charge is -2.29. The van der Waals surface area contributed by atoms with E-state index in [9.17, 15) is 0 Å². The molecule has 2 rings (SSSR count). The zero-order valence-corrected chi connectivity index (χ0v) is 11.4. The van der Waals surface area contributed by atoms with Crippen molar-refractivity contribution in [1.29, 1.82) is 0 Å². The van der Waals surface area contributed by atoms with Crippen LogP contribution in [-0.4, -0.2) is 31.1 Å². The second-order valence-corrected chi connectivity index (χ2v) is 5.21. The van der Waals surface area contributed by atoms with E-state index in [2.05, 4.69) is 31.0 Å². The molecule has 1 heterocycles. The molecule has 2 N–H and O–H groups in total. The summed E-state index contributed by atoms with van der Waals surface area (Å²) in [6.07, 6.45) is 3.54. The van der Waals surface area contributed by atoms with E-state index in [1.165, 1.54) is 5.56 Å². The Bertz CT molecular complexity index is 373. The molecule has 18 heavy (non-hydrogen) atoms. The van der Waals surface area contributed by atoms with Gasteiger partial charge in [-0.3, -0.25) is 0 Å². The van der Waals surface area contributed by atoms with Crippen LogP contribution in [0.3, 0.4) is 0 Å². The third kappa shape index (κ3) is 3.47. The maximum absolute atomic E-state index is 6.06. The summed E-state index contributed by atoms with van der Waals surface area (Å²) in [7, 11) is 2.16. The minimum Gasteiger partial charge on any atom is -0.490 e. The van der Waals surface area contributed by atoms with Crippen LogP contribution in [0.2, 0.25) is 0 Å². The van der Waals surface area contributed by atoms with E-state index in [1.807, 2.05) is 12.1 Å². The SMILES string of the molecule is CCC(N)c1cccc(OC2CCN(C)CC2)c1. The number of hydrogen-bond acceptors (Lipinski definition) is 3. The number of benzene rings is 1. The number of rotatable bonds is 4. The van der Waals surface area contributed by atoms with E-state index in [4.69, 9.17) is 10.5 Å². The quantitative estimate of drug-likeness (QED) is 0.890. The molecule has 1 aliphatic heterocycles. The van der Waals surface area contributed by atoms with Gasteiger partial charge in [-0.05, 0) is 44.0 Å². The maximum atomic E-state index is 6.06. The van der Waals surface area contributed by atoms with Crippen LogP contribution >= 0.6 is 0 Å². The van der Waals surface area contributed by atoms with Crippen LogP contribution in [0, 0.1) is 0 Å². The third-order valence-corrected chi connectivity index (χ3v) is 3.69. The largest absolute Gasteiger partial charge is 0.490 e. The second-order valence-electron chi connectivity index (χ2n) is 5.21. The number of nitrogens with zero attached hydrogens (tertiary/aromatic N) is 1. The zero-order valence-electron chi connectivity index (χ0n) is 11.4. The van der Waals surface area contributed by atoms with Crippen molar-refractivity contribution in [1.82, 2.24) is 4.90 Å². The van der Waals surface area contributed by atoms with Crippen LogP contribution in [0.15, 0.2) is 24.3 Å². The Hall–Kier alpha value is -1.06. The van der Waals surface area contributed by atoms with Gasteiger partial charge in [0.2, 0.25) is 0 Å². The van der Waals surface area contributed by atoms with Gasteiger partial charge in [0.05, 0.1) is 0 Å². The minimum atomic E-state index is 0.117. The number of hydrogen-bond donors (Lipinski definition) is 1. The van der Waals surface area contributed by atoms with Gasteiger partial charge in [-0.25, -0.2) is 0 Å². The van der Waals surface area contributed by atoms with Crippen molar-refractivity contribution in [3.8, 4) is 5.75 Å². The van der Waals surface area contributed by atoms with E-state index in [1.54, 1.807) is 0 Å². The van der Waals surface area contributed by atoms with Crippen LogP contribution in [0.25, 0.3) is 0 Å². The Labute approximate surface area is 110 Å². The van der Waals surface area contributed by atoms with Gasteiger partial charge in [-0.2, -0.15) is 0 Å². The van der Waals surface area contributed by atoms with Crippen molar-refractivity contribution in [3.63, 3.8) is 0 Å². The molecule has 0 amide bonds. The van der Waals surface area contributed by atoms with Gasteiger partial charge in [0, 0.05) is 19.1 Å². The normalized spacial score (nSPS) is 19.7. The van der Waals surface area contributed by atoms with Crippen molar-refractivity contribution in [2.24, 2.45) is 5.73 Å². The molecule has 1 saturated heterocycles. The number of nitrogens with two attached hydrogens (primary N) is 1. The lowest BCUT2D eigenvalue weighted by molar-refractivity contribution is 0.114. The topological polar surface area (TPSA) is 38.5 Å². The predicted molar refractivity (Wildman–Crippen MR) is 74.8 cm³/mol. The van der Waals surface area contributed by atoms with Crippen LogP contribution in [0.1, 0.15) is 37.8 Å². The minimum absolute atomic E-state index is 0.117. The molecule has 1 unspecified atom stereocenters. The number of likely N-dealkylation sites (tertiary alicyclic amines) is 1.